The van der Waals surface area contributed by atoms with Crippen LogP contribution in [0.5, 0.6) is 0 Å². The molecule has 0 saturated heterocycles. The first-order chi connectivity index (χ1) is 9.19. The van der Waals surface area contributed by atoms with Gasteiger partial charge in [-0.15, -0.1) is 11.3 Å². The maximum Gasteiger partial charge on any atom is 0.319 e. The Bertz CT molecular complexity index is 438. The molecule has 3 nitrogen and oxygen atoms in total. The zero-order valence-corrected chi connectivity index (χ0v) is 12.1. The van der Waals surface area contributed by atoms with Gasteiger partial charge < -0.3 is 4.74 Å². The number of carbonyl (C=O) groups excluding carboxylic acids is 2. The number of ketones is 1. The molecule has 19 heavy (non-hydrogen) atoms. The molecule has 4 heteroatoms. The van der Waals surface area contributed by atoms with Gasteiger partial charge in [0, 0.05) is 11.3 Å². The molecule has 0 aromatic carbocycles. The number of hydrogen-bond acceptors (Lipinski definition) is 4. The van der Waals surface area contributed by atoms with E-state index in [0.717, 1.165) is 19.3 Å². The van der Waals surface area contributed by atoms with Crippen LogP contribution in [0.15, 0.2) is 17.5 Å². The van der Waals surface area contributed by atoms with Gasteiger partial charge in [-0.1, -0.05) is 12.5 Å². The highest BCUT2D eigenvalue weighted by Gasteiger charge is 2.47. The summed E-state index contributed by atoms with van der Waals surface area (Å²) in [6, 6.07) is 4.05. The zero-order valence-electron chi connectivity index (χ0n) is 11.3. The van der Waals surface area contributed by atoms with Crippen molar-refractivity contribution in [1.82, 2.24) is 0 Å². The average Bonchev–Trinajstić information content (AvgIpc) is 2.91. The number of thiophene rings is 1. The predicted molar refractivity (Wildman–Crippen MR) is 75.2 cm³/mol. The van der Waals surface area contributed by atoms with Crippen LogP contribution in [0.1, 0.15) is 43.9 Å². The number of carbonyl (C=O) groups is 2. The molecular weight excluding hydrogens is 260 g/mol. The summed E-state index contributed by atoms with van der Waals surface area (Å²) in [6.45, 7) is 2.13. The highest BCUT2D eigenvalue weighted by Crippen LogP contribution is 2.39. The van der Waals surface area contributed by atoms with Crippen molar-refractivity contribution in [3.8, 4) is 0 Å². The van der Waals surface area contributed by atoms with Gasteiger partial charge in [-0.2, -0.15) is 0 Å². The zero-order chi connectivity index (χ0) is 13.7. The van der Waals surface area contributed by atoms with Gasteiger partial charge in [-0.05, 0) is 44.1 Å². The molecule has 1 atom stereocenters. The molecule has 2 rings (SSSR count). The van der Waals surface area contributed by atoms with E-state index >= 15 is 0 Å². The molecule has 104 valence electrons. The van der Waals surface area contributed by atoms with Crippen LogP contribution in [0.25, 0.3) is 0 Å². The van der Waals surface area contributed by atoms with E-state index in [4.69, 9.17) is 4.74 Å². The number of aryl methyl sites for hydroxylation is 1. The largest absolute Gasteiger partial charge is 0.465 e. The molecule has 1 fully saturated rings. The first kappa shape index (κ1) is 14.3. The summed E-state index contributed by atoms with van der Waals surface area (Å²) >= 11 is 1.67. The molecule has 0 spiro atoms. The van der Waals surface area contributed by atoms with Crippen molar-refractivity contribution in [2.45, 2.75) is 45.4 Å². The van der Waals surface area contributed by atoms with Crippen molar-refractivity contribution in [2.24, 2.45) is 5.41 Å². The first-order valence-corrected chi connectivity index (χ1v) is 7.80. The topological polar surface area (TPSA) is 43.4 Å². The summed E-state index contributed by atoms with van der Waals surface area (Å²) < 4.78 is 5.17. The third-order valence-corrected chi connectivity index (χ3v) is 4.77. The first-order valence-electron chi connectivity index (χ1n) is 6.92. The van der Waals surface area contributed by atoms with Gasteiger partial charge in [-0.25, -0.2) is 0 Å². The Morgan fingerprint density at radius 3 is 2.95 bits per heavy atom. The van der Waals surface area contributed by atoms with E-state index in [-0.39, 0.29) is 11.8 Å². The lowest BCUT2D eigenvalue weighted by molar-refractivity contribution is -0.162. The van der Waals surface area contributed by atoms with Crippen molar-refractivity contribution in [3.63, 3.8) is 0 Å². The molecule has 1 aliphatic carbocycles. The molecular formula is C15H20O3S. The highest BCUT2D eigenvalue weighted by molar-refractivity contribution is 7.09. The molecule has 0 N–H and O–H groups in total. The molecule has 1 unspecified atom stereocenters. The summed E-state index contributed by atoms with van der Waals surface area (Å²) in [7, 11) is 0. The Balaban J connectivity index is 2.13. The van der Waals surface area contributed by atoms with Crippen LogP contribution < -0.4 is 0 Å². The molecule has 0 bridgehead atoms. The lowest BCUT2D eigenvalue weighted by Gasteiger charge is -2.33. The van der Waals surface area contributed by atoms with E-state index in [0.29, 0.717) is 25.9 Å². The normalized spacial score (nSPS) is 23.3. The lowest BCUT2D eigenvalue weighted by atomic mass is 9.70. The van der Waals surface area contributed by atoms with E-state index in [1.165, 1.54) is 4.88 Å². The maximum atomic E-state index is 12.3. The van der Waals surface area contributed by atoms with E-state index < -0.39 is 5.41 Å². The van der Waals surface area contributed by atoms with Crippen LogP contribution in [-0.4, -0.2) is 18.4 Å². The van der Waals surface area contributed by atoms with Crippen LogP contribution >= 0.6 is 11.3 Å². The van der Waals surface area contributed by atoms with Crippen molar-refractivity contribution in [2.75, 3.05) is 6.61 Å². The van der Waals surface area contributed by atoms with Crippen molar-refractivity contribution >= 4 is 23.1 Å². The van der Waals surface area contributed by atoms with Gasteiger partial charge in [0.1, 0.15) is 11.2 Å². The minimum Gasteiger partial charge on any atom is -0.465 e. The number of hydrogen-bond donors (Lipinski definition) is 0. The van der Waals surface area contributed by atoms with Crippen LogP contribution in [-0.2, 0) is 20.7 Å². The van der Waals surface area contributed by atoms with Gasteiger partial charge in [-0.3, -0.25) is 9.59 Å². The fraction of sp³-hybridized carbons (Fsp3) is 0.600. The Morgan fingerprint density at radius 2 is 2.32 bits per heavy atom. The quantitative estimate of drug-likeness (QED) is 0.613. The van der Waals surface area contributed by atoms with Gasteiger partial charge in [0.05, 0.1) is 6.61 Å². The van der Waals surface area contributed by atoms with E-state index in [9.17, 15) is 9.59 Å². The standard InChI is InChI=1S/C15H20O3S/c1-2-18-14(17)15(9-4-3-7-13(15)16)10-8-12-6-5-11-19-12/h5-6,11H,2-4,7-10H2,1H3. The molecule has 0 amide bonds. The second kappa shape index (κ2) is 6.33. The third kappa shape index (κ3) is 3.06. The molecule has 1 aromatic heterocycles. The molecule has 1 saturated carbocycles. The smallest absolute Gasteiger partial charge is 0.319 e. The highest BCUT2D eigenvalue weighted by atomic mass is 32.1. The van der Waals surface area contributed by atoms with Crippen LogP contribution in [0.3, 0.4) is 0 Å². The molecule has 1 aliphatic rings. The average molecular weight is 280 g/mol. The summed E-state index contributed by atoms with van der Waals surface area (Å²) in [6.07, 6.45) is 4.38. The van der Waals surface area contributed by atoms with Crippen LogP contribution in [0, 0.1) is 5.41 Å². The van der Waals surface area contributed by atoms with Crippen LogP contribution in [0.4, 0.5) is 0 Å². The van der Waals surface area contributed by atoms with E-state index in [2.05, 4.69) is 6.07 Å². The number of Topliss-reactive ketones (excluding diaryl/α,β-unsaturated/α-hetero) is 1. The predicted octanol–water partition coefficient (Wildman–Crippen LogP) is 3.37. The number of rotatable bonds is 5. The monoisotopic (exact) mass is 280 g/mol. The van der Waals surface area contributed by atoms with Crippen molar-refractivity contribution in [3.05, 3.63) is 22.4 Å². The fourth-order valence-corrected chi connectivity index (χ4v) is 3.44. The minimum absolute atomic E-state index is 0.0776. The number of esters is 1. The Morgan fingerprint density at radius 1 is 1.47 bits per heavy atom. The third-order valence-electron chi connectivity index (χ3n) is 3.84. The maximum absolute atomic E-state index is 12.3. The lowest BCUT2D eigenvalue weighted by Crippen LogP contribution is -2.43. The van der Waals surface area contributed by atoms with E-state index in [1.54, 1.807) is 18.3 Å². The summed E-state index contributed by atoms with van der Waals surface area (Å²) in [5.41, 5.74) is -0.877. The van der Waals surface area contributed by atoms with Crippen LogP contribution in [0.2, 0.25) is 0 Å². The molecule has 0 radical (unpaired) electrons. The van der Waals surface area contributed by atoms with Gasteiger partial charge in [0.25, 0.3) is 0 Å². The Kier molecular flexibility index (Phi) is 4.75. The van der Waals surface area contributed by atoms with Gasteiger partial charge in [0.2, 0.25) is 0 Å². The Labute approximate surface area is 118 Å². The Hall–Kier alpha value is -1.16. The summed E-state index contributed by atoms with van der Waals surface area (Å²) in [5.74, 6) is -0.231. The van der Waals surface area contributed by atoms with Gasteiger partial charge >= 0.3 is 5.97 Å². The second-order valence-corrected chi connectivity index (χ2v) is 6.04. The van der Waals surface area contributed by atoms with Gasteiger partial charge in [0.15, 0.2) is 0 Å². The number of ether oxygens (including phenoxy) is 1. The fourth-order valence-electron chi connectivity index (χ4n) is 2.73. The van der Waals surface area contributed by atoms with Crippen molar-refractivity contribution in [1.29, 1.82) is 0 Å². The molecule has 0 aliphatic heterocycles. The summed E-state index contributed by atoms with van der Waals surface area (Å²) in [4.78, 5) is 25.8. The van der Waals surface area contributed by atoms with E-state index in [1.807, 2.05) is 11.4 Å². The molecule has 1 aromatic rings. The summed E-state index contributed by atoms with van der Waals surface area (Å²) in [5, 5.41) is 2.02. The second-order valence-electron chi connectivity index (χ2n) is 5.01. The van der Waals surface area contributed by atoms with Crippen molar-refractivity contribution < 1.29 is 14.3 Å². The molecule has 1 heterocycles. The minimum atomic E-state index is -0.877. The SMILES string of the molecule is CCOC(=O)C1(CCc2cccs2)CCCCC1=O.